The molecule has 0 saturated carbocycles. The van der Waals surface area contributed by atoms with E-state index in [1.54, 1.807) is 6.20 Å². The molecule has 4 nitrogen and oxygen atoms in total. The van der Waals surface area contributed by atoms with Crippen molar-refractivity contribution in [3.63, 3.8) is 0 Å². The molecular weight excluding hydrogens is 190 g/mol. The van der Waals surface area contributed by atoms with Gasteiger partial charge in [0, 0.05) is 25.4 Å². The number of hydrogen-bond acceptors (Lipinski definition) is 2. The van der Waals surface area contributed by atoms with Crippen LogP contribution >= 0.6 is 0 Å². The van der Waals surface area contributed by atoms with Crippen LogP contribution in [-0.2, 0) is 18.4 Å². The van der Waals surface area contributed by atoms with Gasteiger partial charge in [-0.15, -0.1) is 0 Å². The highest BCUT2D eigenvalue weighted by molar-refractivity contribution is 5.77. The van der Waals surface area contributed by atoms with Crippen molar-refractivity contribution in [1.82, 2.24) is 14.9 Å². The minimum Gasteiger partial charge on any atom is -0.349 e. The molecule has 1 aromatic heterocycles. The molecule has 0 atom stereocenters. The van der Waals surface area contributed by atoms with E-state index in [1.165, 1.54) is 0 Å². The Morgan fingerprint density at radius 1 is 1.53 bits per heavy atom. The van der Waals surface area contributed by atoms with E-state index in [1.807, 2.05) is 45.5 Å². The quantitative estimate of drug-likeness (QED) is 0.827. The molecule has 0 aliphatic rings. The molecular formula is C11H21N3O. The van der Waals surface area contributed by atoms with Crippen LogP contribution in [0.2, 0.25) is 0 Å². The van der Waals surface area contributed by atoms with Gasteiger partial charge in [-0.3, -0.25) is 4.79 Å². The fourth-order valence-corrected chi connectivity index (χ4v) is 0.937. The first-order chi connectivity index (χ1) is 7.11. The Morgan fingerprint density at radius 2 is 2.13 bits per heavy atom. The van der Waals surface area contributed by atoms with Gasteiger partial charge in [-0.1, -0.05) is 27.7 Å². The maximum Gasteiger partial charge on any atom is 0.222 e. The van der Waals surface area contributed by atoms with E-state index in [0.29, 0.717) is 6.54 Å². The van der Waals surface area contributed by atoms with Crippen LogP contribution in [0.5, 0.6) is 0 Å². The Kier molecular flexibility index (Phi) is 6.42. The number of nitrogens with one attached hydrogen (secondary N) is 1. The molecule has 0 fully saturated rings. The Balaban J connectivity index is 0.000000921. The van der Waals surface area contributed by atoms with Gasteiger partial charge in [0.25, 0.3) is 0 Å². The lowest BCUT2D eigenvalue weighted by molar-refractivity contribution is -0.124. The lowest BCUT2D eigenvalue weighted by atomic mass is 10.2. The topological polar surface area (TPSA) is 46.9 Å². The van der Waals surface area contributed by atoms with Crippen LogP contribution < -0.4 is 5.32 Å². The molecule has 0 saturated heterocycles. The monoisotopic (exact) mass is 211 g/mol. The van der Waals surface area contributed by atoms with Gasteiger partial charge in [-0.25, -0.2) is 4.98 Å². The fraction of sp³-hybridized carbons (Fsp3) is 0.636. The predicted molar refractivity (Wildman–Crippen MR) is 61.2 cm³/mol. The van der Waals surface area contributed by atoms with Gasteiger partial charge >= 0.3 is 0 Å². The number of carbonyl (C=O) groups excluding carboxylic acids is 1. The normalized spacial score (nSPS) is 9.47. The Labute approximate surface area is 91.7 Å². The molecule has 0 aliphatic carbocycles. The third-order valence-electron chi connectivity index (χ3n) is 1.87. The molecule has 0 radical (unpaired) electrons. The highest BCUT2D eigenvalue weighted by Gasteiger charge is 2.06. The SMILES string of the molecule is CC.CC(C)C(=O)NCc1nccn1C. The molecule has 1 rings (SSSR count). The van der Waals surface area contributed by atoms with Crippen molar-refractivity contribution in [2.45, 2.75) is 34.2 Å². The van der Waals surface area contributed by atoms with Crippen molar-refractivity contribution in [2.75, 3.05) is 0 Å². The van der Waals surface area contributed by atoms with Gasteiger partial charge in [-0.05, 0) is 0 Å². The van der Waals surface area contributed by atoms with Crippen molar-refractivity contribution >= 4 is 5.91 Å². The zero-order chi connectivity index (χ0) is 11.8. The van der Waals surface area contributed by atoms with Gasteiger partial charge in [0.05, 0.1) is 6.54 Å². The summed E-state index contributed by atoms with van der Waals surface area (Å²) in [6.07, 6.45) is 3.58. The molecule has 4 heteroatoms. The average molecular weight is 211 g/mol. The standard InChI is InChI=1S/C9H15N3O.C2H6/c1-7(2)9(13)11-6-8-10-4-5-12(8)3;1-2/h4-5,7H,6H2,1-3H3,(H,11,13);1-2H3. The summed E-state index contributed by atoms with van der Waals surface area (Å²) in [5.41, 5.74) is 0. The number of amides is 1. The maximum absolute atomic E-state index is 11.2. The second kappa shape index (κ2) is 7.04. The first kappa shape index (κ1) is 13.7. The number of imidazole rings is 1. The minimum absolute atomic E-state index is 0.0280. The van der Waals surface area contributed by atoms with Crippen molar-refractivity contribution < 1.29 is 4.79 Å². The molecule has 1 heterocycles. The zero-order valence-corrected chi connectivity index (χ0v) is 10.2. The summed E-state index contributed by atoms with van der Waals surface area (Å²) in [7, 11) is 1.91. The second-order valence-electron chi connectivity index (χ2n) is 3.33. The van der Waals surface area contributed by atoms with Gasteiger partial charge in [0.2, 0.25) is 5.91 Å². The summed E-state index contributed by atoms with van der Waals surface area (Å²) >= 11 is 0. The van der Waals surface area contributed by atoms with E-state index in [4.69, 9.17) is 0 Å². The number of rotatable bonds is 3. The van der Waals surface area contributed by atoms with Crippen molar-refractivity contribution in [3.05, 3.63) is 18.2 Å². The third-order valence-corrected chi connectivity index (χ3v) is 1.87. The Bertz CT molecular complexity index is 292. The molecule has 15 heavy (non-hydrogen) atoms. The molecule has 1 N–H and O–H groups in total. The van der Waals surface area contributed by atoms with Crippen LogP contribution in [0.1, 0.15) is 33.5 Å². The zero-order valence-electron chi connectivity index (χ0n) is 10.2. The smallest absolute Gasteiger partial charge is 0.222 e. The van der Waals surface area contributed by atoms with Crippen molar-refractivity contribution in [2.24, 2.45) is 13.0 Å². The minimum atomic E-state index is 0.0280. The van der Waals surface area contributed by atoms with Crippen LogP contribution in [0.15, 0.2) is 12.4 Å². The first-order valence-corrected chi connectivity index (χ1v) is 5.35. The van der Waals surface area contributed by atoms with E-state index >= 15 is 0 Å². The van der Waals surface area contributed by atoms with Crippen LogP contribution in [0.4, 0.5) is 0 Å². The third kappa shape index (κ3) is 4.63. The predicted octanol–water partition coefficient (Wildman–Crippen LogP) is 1.72. The van der Waals surface area contributed by atoms with Gasteiger partial charge in [-0.2, -0.15) is 0 Å². The molecule has 86 valence electrons. The number of aromatic nitrogens is 2. The van der Waals surface area contributed by atoms with Crippen molar-refractivity contribution in [1.29, 1.82) is 0 Å². The highest BCUT2D eigenvalue weighted by Crippen LogP contribution is 1.95. The Hall–Kier alpha value is -1.32. The molecule has 1 aromatic rings. The largest absolute Gasteiger partial charge is 0.349 e. The van der Waals surface area contributed by atoms with Crippen molar-refractivity contribution in [3.8, 4) is 0 Å². The summed E-state index contributed by atoms with van der Waals surface area (Å²) in [5.74, 6) is 0.956. The van der Waals surface area contributed by atoms with Crippen LogP contribution in [0.3, 0.4) is 0 Å². The van der Waals surface area contributed by atoms with E-state index in [0.717, 1.165) is 5.82 Å². The number of aryl methyl sites for hydroxylation is 1. The number of carbonyl (C=O) groups is 1. The lowest BCUT2D eigenvalue weighted by Crippen LogP contribution is -2.28. The van der Waals surface area contributed by atoms with Crippen LogP contribution in [0.25, 0.3) is 0 Å². The van der Waals surface area contributed by atoms with Crippen LogP contribution in [-0.4, -0.2) is 15.5 Å². The summed E-state index contributed by atoms with van der Waals surface area (Å²) in [6, 6.07) is 0. The molecule has 0 unspecified atom stereocenters. The van der Waals surface area contributed by atoms with E-state index in [2.05, 4.69) is 10.3 Å². The molecule has 0 spiro atoms. The molecule has 1 amide bonds. The summed E-state index contributed by atoms with van der Waals surface area (Å²) < 4.78 is 1.89. The second-order valence-corrected chi connectivity index (χ2v) is 3.33. The number of nitrogens with zero attached hydrogens (tertiary/aromatic N) is 2. The van der Waals surface area contributed by atoms with E-state index in [-0.39, 0.29) is 11.8 Å². The summed E-state index contributed by atoms with van der Waals surface area (Å²) in [5, 5.41) is 2.80. The molecule has 0 aromatic carbocycles. The lowest BCUT2D eigenvalue weighted by Gasteiger charge is -2.06. The average Bonchev–Trinajstić information content (AvgIpc) is 2.63. The van der Waals surface area contributed by atoms with E-state index in [9.17, 15) is 4.79 Å². The van der Waals surface area contributed by atoms with Gasteiger partial charge in [0.1, 0.15) is 5.82 Å². The highest BCUT2D eigenvalue weighted by atomic mass is 16.1. The summed E-state index contributed by atoms with van der Waals surface area (Å²) in [4.78, 5) is 15.3. The number of hydrogen-bond donors (Lipinski definition) is 1. The van der Waals surface area contributed by atoms with Crippen LogP contribution in [0, 0.1) is 5.92 Å². The first-order valence-electron chi connectivity index (χ1n) is 5.35. The Morgan fingerprint density at radius 3 is 2.53 bits per heavy atom. The molecule has 0 aliphatic heterocycles. The maximum atomic E-state index is 11.2. The fourth-order valence-electron chi connectivity index (χ4n) is 0.937. The van der Waals surface area contributed by atoms with Gasteiger partial charge in [0.15, 0.2) is 0 Å². The molecule has 0 bridgehead atoms. The summed E-state index contributed by atoms with van der Waals surface area (Å²) in [6.45, 7) is 8.24. The van der Waals surface area contributed by atoms with Gasteiger partial charge < -0.3 is 9.88 Å². The van der Waals surface area contributed by atoms with E-state index < -0.39 is 0 Å².